The highest BCUT2D eigenvalue weighted by Crippen LogP contribution is 2.33. The average Bonchev–Trinajstić information content (AvgIpc) is 3.23. The lowest BCUT2D eigenvalue weighted by molar-refractivity contribution is 0.341. The number of hydrogen-bond donors (Lipinski definition) is 1. The Morgan fingerprint density at radius 3 is 2.55 bits per heavy atom. The van der Waals surface area contributed by atoms with Gasteiger partial charge in [-0.2, -0.15) is 4.98 Å². The molecule has 0 bridgehead atoms. The van der Waals surface area contributed by atoms with E-state index in [1.165, 1.54) is 4.90 Å². The van der Waals surface area contributed by atoms with Gasteiger partial charge >= 0.3 is 0 Å². The molecule has 1 heterocycles. The van der Waals surface area contributed by atoms with Gasteiger partial charge in [-0.25, -0.2) is 0 Å². The molecule has 0 amide bonds. The summed E-state index contributed by atoms with van der Waals surface area (Å²) in [6.07, 6.45) is 0. The minimum atomic E-state index is 0.441. The van der Waals surface area contributed by atoms with Crippen molar-refractivity contribution in [1.29, 1.82) is 0 Å². The number of benzene rings is 3. The molecule has 0 atom stereocenters. The second-order valence-electron chi connectivity index (χ2n) is 6.21. The van der Waals surface area contributed by atoms with E-state index in [0.717, 1.165) is 21.9 Å². The van der Waals surface area contributed by atoms with Crippen LogP contribution in [0.15, 0.2) is 93.2 Å². The third kappa shape index (κ3) is 4.78. The molecule has 0 spiro atoms. The van der Waals surface area contributed by atoms with Crippen molar-refractivity contribution in [1.82, 2.24) is 10.1 Å². The molecule has 4 aromatic rings. The number of hydrogen-bond acceptors (Lipinski definition) is 6. The Bertz CT molecular complexity index is 1070. The van der Waals surface area contributed by atoms with Crippen LogP contribution in [0.25, 0.3) is 11.4 Å². The zero-order valence-electron chi connectivity index (χ0n) is 16.0. The molecular weight excluding hydrogens is 382 g/mol. The van der Waals surface area contributed by atoms with Gasteiger partial charge in [-0.15, -0.1) is 0 Å². The van der Waals surface area contributed by atoms with Crippen LogP contribution in [-0.4, -0.2) is 16.7 Å². The highest BCUT2D eigenvalue weighted by molar-refractivity contribution is 7.99. The maximum absolute atomic E-state index is 5.66. The maximum Gasteiger partial charge on any atom is 0.246 e. The number of aromatic nitrogens is 2. The van der Waals surface area contributed by atoms with Crippen LogP contribution in [0.2, 0.25) is 0 Å². The number of para-hydroxylation sites is 2. The maximum atomic E-state index is 5.66. The monoisotopic (exact) mass is 403 g/mol. The average molecular weight is 404 g/mol. The van der Waals surface area contributed by atoms with Crippen molar-refractivity contribution in [3.8, 4) is 17.1 Å². The van der Waals surface area contributed by atoms with Crippen molar-refractivity contribution in [2.75, 3.05) is 11.9 Å². The van der Waals surface area contributed by atoms with E-state index >= 15 is 0 Å². The van der Waals surface area contributed by atoms with Gasteiger partial charge in [0, 0.05) is 15.5 Å². The standard InChI is InChI=1S/C23H21N3O2S/c1-2-27-20-14-8-6-12-18(20)23-25-22(28-26-23)16-24-19-13-7-9-15-21(19)29-17-10-4-3-5-11-17/h3-15,24H,2,16H2,1H3. The predicted octanol–water partition coefficient (Wildman–Crippen LogP) is 5.90. The second-order valence-corrected chi connectivity index (χ2v) is 7.32. The molecule has 0 aliphatic heterocycles. The molecule has 0 fully saturated rings. The molecule has 4 rings (SSSR count). The van der Waals surface area contributed by atoms with Crippen LogP contribution in [0.5, 0.6) is 5.75 Å². The number of nitrogens with zero attached hydrogens (tertiary/aromatic N) is 2. The van der Waals surface area contributed by atoms with Gasteiger partial charge in [0.05, 0.1) is 18.7 Å². The zero-order valence-corrected chi connectivity index (χ0v) is 16.9. The fourth-order valence-corrected chi connectivity index (χ4v) is 3.80. The first-order valence-corrected chi connectivity index (χ1v) is 10.3. The molecule has 29 heavy (non-hydrogen) atoms. The molecule has 0 saturated carbocycles. The molecule has 0 aliphatic carbocycles. The van der Waals surface area contributed by atoms with Gasteiger partial charge < -0.3 is 14.6 Å². The topological polar surface area (TPSA) is 60.2 Å². The van der Waals surface area contributed by atoms with E-state index in [1.807, 2.05) is 67.6 Å². The molecule has 0 saturated heterocycles. The van der Waals surface area contributed by atoms with Crippen LogP contribution < -0.4 is 10.1 Å². The molecule has 6 heteroatoms. The lowest BCUT2D eigenvalue weighted by Crippen LogP contribution is -2.01. The molecule has 146 valence electrons. The summed E-state index contributed by atoms with van der Waals surface area (Å²) in [5.74, 6) is 1.79. The molecule has 5 nitrogen and oxygen atoms in total. The van der Waals surface area contributed by atoms with E-state index < -0.39 is 0 Å². The van der Waals surface area contributed by atoms with E-state index in [0.29, 0.717) is 24.9 Å². The summed E-state index contributed by atoms with van der Waals surface area (Å²) in [5, 5.41) is 7.53. The largest absolute Gasteiger partial charge is 0.493 e. The van der Waals surface area contributed by atoms with Crippen molar-refractivity contribution in [3.05, 3.63) is 84.8 Å². The van der Waals surface area contributed by atoms with E-state index in [-0.39, 0.29) is 0 Å². The molecule has 1 aromatic heterocycles. The summed E-state index contributed by atoms with van der Waals surface area (Å²) >= 11 is 1.71. The van der Waals surface area contributed by atoms with E-state index in [1.54, 1.807) is 11.8 Å². The van der Waals surface area contributed by atoms with Crippen molar-refractivity contribution in [3.63, 3.8) is 0 Å². The van der Waals surface area contributed by atoms with Crippen molar-refractivity contribution in [2.45, 2.75) is 23.3 Å². The number of anilines is 1. The summed E-state index contributed by atoms with van der Waals surface area (Å²) in [7, 11) is 0. The van der Waals surface area contributed by atoms with Crippen LogP contribution in [0.1, 0.15) is 12.8 Å². The first-order valence-electron chi connectivity index (χ1n) is 9.44. The van der Waals surface area contributed by atoms with E-state index in [9.17, 15) is 0 Å². The number of ether oxygens (including phenoxy) is 1. The van der Waals surface area contributed by atoms with Gasteiger partial charge in [0.25, 0.3) is 0 Å². The summed E-state index contributed by atoms with van der Waals surface area (Å²) in [6.45, 7) is 2.97. The van der Waals surface area contributed by atoms with Gasteiger partial charge in [-0.3, -0.25) is 0 Å². The third-order valence-electron chi connectivity index (χ3n) is 4.18. The summed E-state index contributed by atoms with van der Waals surface area (Å²) in [6, 6.07) is 26.2. The molecule has 1 N–H and O–H groups in total. The van der Waals surface area contributed by atoms with Crippen molar-refractivity contribution < 1.29 is 9.26 Å². The molecular formula is C23H21N3O2S. The highest BCUT2D eigenvalue weighted by Gasteiger charge is 2.13. The molecule has 3 aromatic carbocycles. The smallest absolute Gasteiger partial charge is 0.246 e. The number of rotatable bonds is 8. The van der Waals surface area contributed by atoms with Gasteiger partial charge in [-0.1, -0.05) is 59.4 Å². The van der Waals surface area contributed by atoms with E-state index in [2.05, 4.69) is 33.7 Å². The first kappa shape index (κ1) is 19.1. The van der Waals surface area contributed by atoms with Crippen LogP contribution in [0.4, 0.5) is 5.69 Å². The Labute approximate surface area is 174 Å². The lowest BCUT2D eigenvalue weighted by atomic mass is 10.2. The van der Waals surface area contributed by atoms with Gasteiger partial charge in [-0.05, 0) is 43.3 Å². The van der Waals surface area contributed by atoms with Gasteiger partial charge in [0.2, 0.25) is 11.7 Å². The SMILES string of the molecule is CCOc1ccccc1-c1noc(CNc2ccccc2Sc2ccccc2)n1. The molecule has 0 unspecified atom stereocenters. The summed E-state index contributed by atoms with van der Waals surface area (Å²) in [5.41, 5.74) is 1.85. The summed E-state index contributed by atoms with van der Waals surface area (Å²) < 4.78 is 11.1. The highest BCUT2D eigenvalue weighted by atomic mass is 32.2. The minimum absolute atomic E-state index is 0.441. The normalized spacial score (nSPS) is 10.7. The summed E-state index contributed by atoms with van der Waals surface area (Å²) in [4.78, 5) is 6.85. The molecule has 0 aliphatic rings. The number of nitrogens with one attached hydrogen (secondary N) is 1. The fraction of sp³-hybridized carbons (Fsp3) is 0.130. The van der Waals surface area contributed by atoms with Crippen molar-refractivity contribution in [2.24, 2.45) is 0 Å². The Morgan fingerprint density at radius 2 is 1.69 bits per heavy atom. The lowest BCUT2D eigenvalue weighted by Gasteiger charge is -2.10. The minimum Gasteiger partial charge on any atom is -0.493 e. The third-order valence-corrected chi connectivity index (χ3v) is 5.27. The van der Waals surface area contributed by atoms with Crippen LogP contribution in [0, 0.1) is 0 Å². The first-order chi connectivity index (χ1) is 14.3. The fourth-order valence-electron chi connectivity index (χ4n) is 2.86. The Morgan fingerprint density at radius 1 is 0.931 bits per heavy atom. The second kappa shape index (κ2) is 9.30. The Hall–Kier alpha value is -3.25. The zero-order chi connectivity index (χ0) is 19.9. The predicted molar refractivity (Wildman–Crippen MR) is 115 cm³/mol. The molecule has 0 radical (unpaired) electrons. The van der Waals surface area contributed by atoms with E-state index in [4.69, 9.17) is 9.26 Å². The Kier molecular flexibility index (Phi) is 6.12. The van der Waals surface area contributed by atoms with Crippen LogP contribution in [0.3, 0.4) is 0 Å². The van der Waals surface area contributed by atoms with Crippen LogP contribution in [-0.2, 0) is 6.54 Å². The Balaban J connectivity index is 1.47. The quantitative estimate of drug-likeness (QED) is 0.395. The van der Waals surface area contributed by atoms with Crippen molar-refractivity contribution >= 4 is 17.4 Å². The van der Waals surface area contributed by atoms with Crippen LogP contribution >= 0.6 is 11.8 Å². The van der Waals surface area contributed by atoms with Gasteiger partial charge in [0.15, 0.2) is 0 Å². The van der Waals surface area contributed by atoms with Gasteiger partial charge in [0.1, 0.15) is 5.75 Å².